The van der Waals surface area contributed by atoms with Gasteiger partial charge in [-0.05, 0) is 29.8 Å². The Labute approximate surface area is 172 Å². The van der Waals surface area contributed by atoms with Crippen molar-refractivity contribution in [2.75, 3.05) is 13.1 Å². The second kappa shape index (κ2) is 10.3. The first kappa shape index (κ1) is 21.2. The van der Waals surface area contributed by atoms with Crippen LogP contribution in [0.1, 0.15) is 17.9 Å². The monoisotopic (exact) mass is 413 g/mol. The van der Waals surface area contributed by atoms with Crippen molar-refractivity contribution in [2.45, 2.75) is 19.3 Å². The molecule has 0 aliphatic carbocycles. The number of carbonyl (C=O) groups excluding carboxylic acids is 2. The molecule has 0 atom stereocenters. The number of rotatable bonds is 9. The lowest BCUT2D eigenvalue weighted by Gasteiger charge is -2.07. The SMILES string of the molecule is O=C(CCc1ncc(-c2ccccc2F)o1)NCCNC(=O)Cc1cccc(F)c1. The number of hydrogen-bond acceptors (Lipinski definition) is 4. The molecule has 0 saturated carbocycles. The highest BCUT2D eigenvalue weighted by molar-refractivity contribution is 5.79. The van der Waals surface area contributed by atoms with E-state index >= 15 is 0 Å². The molecule has 1 heterocycles. The van der Waals surface area contributed by atoms with Crippen LogP contribution in [0.25, 0.3) is 11.3 Å². The van der Waals surface area contributed by atoms with Gasteiger partial charge in [-0.3, -0.25) is 9.59 Å². The van der Waals surface area contributed by atoms with Gasteiger partial charge in [-0.15, -0.1) is 0 Å². The van der Waals surface area contributed by atoms with Crippen LogP contribution in [0.3, 0.4) is 0 Å². The molecular weight excluding hydrogens is 392 g/mol. The predicted molar refractivity (Wildman–Crippen MR) is 106 cm³/mol. The maximum atomic E-state index is 13.8. The van der Waals surface area contributed by atoms with Gasteiger partial charge in [0.25, 0.3) is 0 Å². The van der Waals surface area contributed by atoms with Crippen LogP contribution in [0.4, 0.5) is 8.78 Å². The van der Waals surface area contributed by atoms with E-state index < -0.39 is 5.82 Å². The van der Waals surface area contributed by atoms with Gasteiger partial charge in [0, 0.05) is 25.9 Å². The van der Waals surface area contributed by atoms with Crippen molar-refractivity contribution in [3.63, 3.8) is 0 Å². The summed E-state index contributed by atoms with van der Waals surface area (Å²) in [5.41, 5.74) is 0.895. The predicted octanol–water partition coefficient (Wildman–Crippen LogP) is 3.03. The number of aromatic nitrogens is 1. The summed E-state index contributed by atoms with van der Waals surface area (Å²) < 4.78 is 32.4. The summed E-state index contributed by atoms with van der Waals surface area (Å²) in [6.07, 6.45) is 1.92. The Morgan fingerprint density at radius 2 is 1.73 bits per heavy atom. The first-order chi connectivity index (χ1) is 14.5. The fourth-order valence-electron chi connectivity index (χ4n) is 2.82. The highest BCUT2D eigenvalue weighted by Crippen LogP contribution is 2.23. The van der Waals surface area contributed by atoms with Crippen LogP contribution in [0.15, 0.2) is 59.1 Å². The van der Waals surface area contributed by atoms with Crippen LogP contribution in [0, 0.1) is 11.6 Å². The van der Waals surface area contributed by atoms with E-state index in [1.807, 2.05) is 0 Å². The molecule has 0 bridgehead atoms. The minimum atomic E-state index is -0.405. The average molecular weight is 413 g/mol. The summed E-state index contributed by atoms with van der Waals surface area (Å²) in [5.74, 6) is -0.622. The molecule has 0 radical (unpaired) electrons. The molecule has 2 N–H and O–H groups in total. The summed E-state index contributed by atoms with van der Waals surface area (Å²) in [6.45, 7) is 0.524. The minimum absolute atomic E-state index is 0.0697. The molecule has 0 fully saturated rings. The molecule has 0 unspecified atom stereocenters. The summed E-state index contributed by atoms with van der Waals surface area (Å²) in [7, 11) is 0. The van der Waals surface area contributed by atoms with Crippen molar-refractivity contribution in [3.05, 3.63) is 77.8 Å². The number of nitrogens with one attached hydrogen (secondary N) is 2. The van der Waals surface area contributed by atoms with Crippen molar-refractivity contribution in [1.29, 1.82) is 0 Å². The molecule has 6 nitrogen and oxygen atoms in total. The highest BCUT2D eigenvalue weighted by Gasteiger charge is 2.12. The van der Waals surface area contributed by atoms with Gasteiger partial charge >= 0.3 is 0 Å². The van der Waals surface area contributed by atoms with E-state index in [9.17, 15) is 18.4 Å². The first-order valence-corrected chi connectivity index (χ1v) is 9.48. The maximum absolute atomic E-state index is 13.8. The van der Waals surface area contributed by atoms with Crippen molar-refractivity contribution in [3.8, 4) is 11.3 Å². The van der Waals surface area contributed by atoms with E-state index in [2.05, 4.69) is 15.6 Å². The van der Waals surface area contributed by atoms with Crippen LogP contribution in [0.2, 0.25) is 0 Å². The third-order valence-corrected chi connectivity index (χ3v) is 4.28. The maximum Gasteiger partial charge on any atom is 0.224 e. The fourth-order valence-corrected chi connectivity index (χ4v) is 2.82. The first-order valence-electron chi connectivity index (χ1n) is 9.48. The molecule has 0 spiro atoms. The van der Waals surface area contributed by atoms with E-state index in [1.165, 1.54) is 24.4 Å². The number of halogens is 2. The standard InChI is InChI=1S/C22H21F2N3O3/c23-16-5-3-4-15(12-16)13-21(29)26-11-10-25-20(28)8-9-22-27-14-19(30-22)17-6-1-2-7-18(17)24/h1-7,12,14H,8-11,13H2,(H,25,28)(H,26,29). The molecule has 30 heavy (non-hydrogen) atoms. The molecule has 2 aromatic carbocycles. The van der Waals surface area contributed by atoms with Crippen LogP contribution in [-0.2, 0) is 22.4 Å². The van der Waals surface area contributed by atoms with E-state index in [0.29, 0.717) is 22.8 Å². The highest BCUT2D eigenvalue weighted by atomic mass is 19.1. The zero-order valence-corrected chi connectivity index (χ0v) is 16.2. The van der Waals surface area contributed by atoms with Gasteiger partial charge in [0.15, 0.2) is 11.7 Å². The quantitative estimate of drug-likeness (QED) is 0.528. The van der Waals surface area contributed by atoms with Gasteiger partial charge < -0.3 is 15.1 Å². The molecular formula is C22H21F2N3O3. The van der Waals surface area contributed by atoms with Gasteiger partial charge in [-0.2, -0.15) is 0 Å². The topological polar surface area (TPSA) is 84.2 Å². The molecule has 2 amide bonds. The lowest BCUT2D eigenvalue weighted by Crippen LogP contribution is -2.35. The third kappa shape index (κ3) is 6.23. The summed E-state index contributed by atoms with van der Waals surface area (Å²) >= 11 is 0. The smallest absolute Gasteiger partial charge is 0.224 e. The van der Waals surface area contributed by atoms with E-state index in [1.54, 1.807) is 30.3 Å². The Morgan fingerprint density at radius 3 is 2.50 bits per heavy atom. The molecule has 0 aliphatic heterocycles. The van der Waals surface area contributed by atoms with Crippen LogP contribution in [-0.4, -0.2) is 29.9 Å². The van der Waals surface area contributed by atoms with Gasteiger partial charge in [-0.1, -0.05) is 24.3 Å². The normalized spacial score (nSPS) is 10.6. The number of nitrogens with zero attached hydrogens (tertiary/aromatic N) is 1. The molecule has 0 saturated heterocycles. The summed E-state index contributed by atoms with van der Waals surface area (Å²) in [5, 5.41) is 5.35. The summed E-state index contributed by atoms with van der Waals surface area (Å²) in [4.78, 5) is 27.8. The third-order valence-electron chi connectivity index (χ3n) is 4.28. The number of carbonyl (C=O) groups is 2. The minimum Gasteiger partial charge on any atom is -0.441 e. The van der Waals surface area contributed by atoms with Crippen LogP contribution < -0.4 is 10.6 Å². The largest absolute Gasteiger partial charge is 0.441 e. The zero-order chi connectivity index (χ0) is 21.3. The van der Waals surface area contributed by atoms with Crippen molar-refractivity contribution < 1.29 is 22.8 Å². The Balaban J connectivity index is 1.34. The number of hydrogen-bond donors (Lipinski definition) is 2. The van der Waals surface area contributed by atoms with Gasteiger partial charge in [0.1, 0.15) is 11.6 Å². The number of oxazole rings is 1. The zero-order valence-electron chi connectivity index (χ0n) is 16.2. The van der Waals surface area contributed by atoms with Crippen LogP contribution >= 0.6 is 0 Å². The Morgan fingerprint density at radius 1 is 0.967 bits per heavy atom. The Bertz CT molecular complexity index is 1020. The van der Waals surface area contributed by atoms with E-state index in [0.717, 1.165) is 0 Å². The number of benzene rings is 2. The molecule has 3 aromatic rings. The Hall–Kier alpha value is -3.55. The lowest BCUT2D eigenvalue weighted by molar-refractivity contribution is -0.122. The number of amides is 2. The van der Waals surface area contributed by atoms with Gasteiger partial charge in [0.2, 0.25) is 11.8 Å². The van der Waals surface area contributed by atoms with E-state index in [4.69, 9.17) is 4.42 Å². The summed E-state index contributed by atoms with van der Waals surface area (Å²) in [6, 6.07) is 12.1. The molecule has 3 rings (SSSR count). The van der Waals surface area contributed by atoms with Crippen LogP contribution in [0.5, 0.6) is 0 Å². The average Bonchev–Trinajstić information content (AvgIpc) is 3.19. The van der Waals surface area contributed by atoms with Gasteiger partial charge in [0.05, 0.1) is 18.2 Å². The fraction of sp³-hybridized carbons (Fsp3) is 0.227. The number of aryl methyl sites for hydroxylation is 1. The Kier molecular flexibility index (Phi) is 7.26. The van der Waals surface area contributed by atoms with Gasteiger partial charge in [-0.25, -0.2) is 13.8 Å². The molecule has 0 aliphatic rings. The lowest BCUT2D eigenvalue weighted by atomic mass is 10.1. The van der Waals surface area contributed by atoms with Crippen molar-refractivity contribution in [2.24, 2.45) is 0 Å². The molecule has 8 heteroatoms. The molecule has 156 valence electrons. The second-order valence-electron chi connectivity index (χ2n) is 6.60. The second-order valence-corrected chi connectivity index (χ2v) is 6.60. The van der Waals surface area contributed by atoms with Crippen molar-refractivity contribution in [1.82, 2.24) is 15.6 Å². The van der Waals surface area contributed by atoms with Crippen molar-refractivity contribution >= 4 is 11.8 Å². The molecule has 1 aromatic heterocycles. The van der Waals surface area contributed by atoms with E-state index in [-0.39, 0.29) is 50.0 Å².